The molecule has 4 heteroatoms. The number of fused-ring (bicyclic) bond motifs is 27. The molecule has 538 valence electrons. The summed E-state index contributed by atoms with van der Waals surface area (Å²) in [6, 6.07) is 137. The lowest BCUT2D eigenvalue weighted by atomic mass is 9.75. The minimum Gasteiger partial charge on any atom is -0.310 e. The largest absolute Gasteiger partial charge is 0.310 e. The van der Waals surface area contributed by atoms with Crippen LogP contribution in [0.4, 0.5) is 34.1 Å². The number of hydrogen-bond donors (Lipinski definition) is 0. The van der Waals surface area contributed by atoms with Gasteiger partial charge in [0.15, 0.2) is 0 Å². The minimum atomic E-state index is -0.224. The van der Waals surface area contributed by atoms with E-state index < -0.39 is 0 Å². The average molecular weight is 1580 g/mol. The number of benzene rings is 17. The number of hydrogen-bond acceptors (Lipinski definition) is 2. The SMILES string of the molecule is Brc1ccc(-c2c(-c3ccc(Br)cc3)c3ccc(N(c4ccc5c(c4)C4(Cc6ccccc6C4)c4ccccc4-5)c4ccc5c(c4)C4(Cc6ccccc6C4)c4ccccc4-5)cc3c3cc(N(c4ccc5c(c4)C4(Cc6ccccc6C4)c4ccccc4-5)c4ccc5c(c4)C4(Cc6ccccc6C4)c4ccccc4-5)ccc23)cc1. The Morgan fingerprint density at radius 2 is 0.395 bits per heavy atom. The van der Waals surface area contributed by atoms with Gasteiger partial charge >= 0.3 is 0 Å². The first-order chi connectivity index (χ1) is 56.2. The molecule has 0 aromatic heterocycles. The molecule has 0 saturated heterocycles. The number of nitrogens with zero attached hydrogens (tertiary/aromatic N) is 2. The maximum atomic E-state index is 3.90. The fraction of sp³-hybridized carbons (Fsp3) is 0.109. The standard InChI is InChI=1S/C110H74Br2N2/c111-77-37-33-67(34-38-77)105-93-51-45-79(113(81-41-47-89-85-25-9-13-29-97(85)107(101(89)55-81)59-69-17-1-2-18-70(69)60-107)82-42-48-90-86-26-10-14-30-98(86)108(102(90)56-82)61-71-19-3-4-20-72(71)62-108)53-95(93)96-54-80(46-52-94(96)106(105)68-35-39-78(112)40-36-68)114(83-43-49-91-87-27-11-15-31-99(87)109(103(91)57-83)63-73-21-5-6-22-74(73)64-109)84-44-50-92-88-28-12-16-32-100(88)110(104(92)58-84)65-75-23-7-8-24-76(75)66-110/h1-58H,59-66H2. The van der Waals surface area contributed by atoms with Gasteiger partial charge in [-0.05, 0) is 326 Å². The van der Waals surface area contributed by atoms with Crippen LogP contribution in [0, 0.1) is 0 Å². The Balaban J connectivity index is 0.756. The van der Waals surface area contributed by atoms with Crippen LogP contribution in [0.25, 0.3) is 88.3 Å². The number of rotatable bonds is 8. The lowest BCUT2D eigenvalue weighted by molar-refractivity contribution is 0.563. The van der Waals surface area contributed by atoms with E-state index in [0.29, 0.717) is 0 Å². The smallest absolute Gasteiger partial charge is 0.0468 e. The van der Waals surface area contributed by atoms with Gasteiger partial charge in [0, 0.05) is 64.7 Å². The van der Waals surface area contributed by atoms with Crippen molar-refractivity contribution in [1.82, 2.24) is 0 Å². The van der Waals surface area contributed by atoms with Crippen LogP contribution >= 0.6 is 31.9 Å². The third-order valence-corrected chi connectivity index (χ3v) is 29.4. The Kier molecular flexibility index (Phi) is 13.9. The molecule has 114 heavy (non-hydrogen) atoms. The van der Waals surface area contributed by atoms with Gasteiger partial charge in [-0.3, -0.25) is 0 Å². The second-order valence-corrected chi connectivity index (χ2v) is 35.6. The van der Waals surface area contributed by atoms with Crippen LogP contribution in [-0.2, 0) is 73.0 Å². The first-order valence-electron chi connectivity index (χ1n) is 40.6. The van der Waals surface area contributed by atoms with E-state index >= 15 is 0 Å². The van der Waals surface area contributed by atoms with Crippen molar-refractivity contribution >= 4 is 87.5 Å². The molecule has 8 aliphatic carbocycles. The molecule has 2 nitrogen and oxygen atoms in total. The summed E-state index contributed by atoms with van der Waals surface area (Å²) in [7, 11) is 0. The highest BCUT2D eigenvalue weighted by molar-refractivity contribution is 9.10. The molecule has 4 spiro atoms. The lowest BCUT2D eigenvalue weighted by Gasteiger charge is -2.32. The molecule has 0 amide bonds. The predicted octanol–water partition coefficient (Wildman–Crippen LogP) is 28.1. The van der Waals surface area contributed by atoms with Crippen molar-refractivity contribution in [3.05, 3.63) is 450 Å². The van der Waals surface area contributed by atoms with Crippen LogP contribution in [0.3, 0.4) is 0 Å². The Morgan fingerprint density at radius 3 is 0.649 bits per heavy atom. The van der Waals surface area contributed by atoms with Gasteiger partial charge in [0.25, 0.3) is 0 Å². The monoisotopic (exact) mass is 1580 g/mol. The Labute approximate surface area is 681 Å². The molecule has 0 N–H and O–H groups in total. The molecule has 0 radical (unpaired) electrons. The van der Waals surface area contributed by atoms with Gasteiger partial charge in [0.1, 0.15) is 0 Å². The highest BCUT2D eigenvalue weighted by atomic mass is 79.9. The van der Waals surface area contributed by atoms with Gasteiger partial charge in [-0.15, -0.1) is 0 Å². The van der Waals surface area contributed by atoms with E-state index in [1.807, 2.05) is 0 Å². The van der Waals surface area contributed by atoms with Crippen LogP contribution < -0.4 is 9.80 Å². The van der Waals surface area contributed by atoms with Gasteiger partial charge in [-0.25, -0.2) is 0 Å². The van der Waals surface area contributed by atoms with Gasteiger partial charge in [-0.2, -0.15) is 0 Å². The van der Waals surface area contributed by atoms with Crippen molar-refractivity contribution in [2.45, 2.75) is 73.0 Å². The van der Waals surface area contributed by atoms with E-state index in [0.717, 1.165) is 106 Å². The van der Waals surface area contributed by atoms with Crippen molar-refractivity contribution < 1.29 is 0 Å². The summed E-state index contributed by atoms with van der Waals surface area (Å²) in [6.45, 7) is 0. The molecule has 0 fully saturated rings. The van der Waals surface area contributed by atoms with E-state index in [1.54, 1.807) is 0 Å². The third kappa shape index (κ3) is 9.18. The van der Waals surface area contributed by atoms with Crippen LogP contribution in [0.5, 0.6) is 0 Å². The molecule has 0 bridgehead atoms. The van der Waals surface area contributed by atoms with E-state index in [2.05, 4.69) is 394 Å². The number of halogens is 2. The summed E-state index contributed by atoms with van der Waals surface area (Å²) in [5, 5.41) is 4.73. The minimum absolute atomic E-state index is 0.224. The molecule has 0 heterocycles. The summed E-state index contributed by atoms with van der Waals surface area (Å²) in [4.78, 5) is 5.28. The van der Waals surface area contributed by atoms with Crippen molar-refractivity contribution in [2.75, 3.05) is 9.80 Å². The zero-order chi connectivity index (χ0) is 74.9. The van der Waals surface area contributed by atoms with Gasteiger partial charge in [0.2, 0.25) is 0 Å². The molecule has 25 rings (SSSR count). The van der Waals surface area contributed by atoms with Gasteiger partial charge < -0.3 is 9.80 Å². The summed E-state index contributed by atoms with van der Waals surface area (Å²) >= 11 is 7.80. The van der Waals surface area contributed by atoms with E-state index in [4.69, 9.17) is 0 Å². The highest BCUT2D eigenvalue weighted by Crippen LogP contribution is 2.63. The average Bonchev–Trinajstić information content (AvgIpc) is 1.43. The Bertz CT molecular complexity index is 6230. The molecular formula is C110H74Br2N2. The Hall–Kier alpha value is -12.2. The topological polar surface area (TPSA) is 6.48 Å². The van der Waals surface area contributed by atoms with Gasteiger partial charge in [-0.1, -0.05) is 287 Å². The molecular weight excluding hydrogens is 1510 g/mol. The van der Waals surface area contributed by atoms with Crippen molar-refractivity contribution in [3.63, 3.8) is 0 Å². The normalized spacial score (nSPS) is 15.8. The molecule has 8 aliphatic rings. The van der Waals surface area contributed by atoms with E-state index in [9.17, 15) is 0 Å². The predicted molar refractivity (Wildman–Crippen MR) is 477 cm³/mol. The fourth-order valence-electron chi connectivity index (χ4n) is 23.5. The highest BCUT2D eigenvalue weighted by Gasteiger charge is 2.52. The third-order valence-electron chi connectivity index (χ3n) is 28.3. The summed E-state index contributed by atoms with van der Waals surface area (Å²) in [5.41, 5.74) is 44.3. The summed E-state index contributed by atoms with van der Waals surface area (Å²) in [6.07, 6.45) is 7.67. The van der Waals surface area contributed by atoms with E-state index in [-0.39, 0.29) is 21.7 Å². The quantitative estimate of drug-likeness (QED) is 0.140. The number of anilines is 6. The molecule has 0 aliphatic heterocycles. The second-order valence-electron chi connectivity index (χ2n) is 33.8. The summed E-state index contributed by atoms with van der Waals surface area (Å²) < 4.78 is 2.09. The van der Waals surface area contributed by atoms with Crippen molar-refractivity contribution in [3.8, 4) is 66.8 Å². The molecule has 0 unspecified atom stereocenters. The molecule has 17 aromatic rings. The molecule has 0 saturated carbocycles. The maximum Gasteiger partial charge on any atom is 0.0468 e. The molecule has 17 aromatic carbocycles. The van der Waals surface area contributed by atoms with Crippen LogP contribution in [-0.4, -0.2) is 0 Å². The van der Waals surface area contributed by atoms with Gasteiger partial charge in [0.05, 0.1) is 0 Å². The second kappa shape index (κ2) is 24.2. The van der Waals surface area contributed by atoms with Crippen LogP contribution in [0.15, 0.2) is 361 Å². The molecule has 0 atom stereocenters. The Morgan fingerprint density at radius 1 is 0.184 bits per heavy atom. The first kappa shape index (κ1) is 65.4. The van der Waals surface area contributed by atoms with E-state index in [1.165, 1.54) is 166 Å². The lowest BCUT2D eigenvalue weighted by Crippen LogP contribution is -2.26. The zero-order valence-electron chi connectivity index (χ0n) is 62.8. The zero-order valence-corrected chi connectivity index (χ0v) is 66.0. The van der Waals surface area contributed by atoms with Crippen LogP contribution in [0.2, 0.25) is 0 Å². The fourth-order valence-corrected chi connectivity index (χ4v) is 24.1. The van der Waals surface area contributed by atoms with Crippen LogP contribution in [0.1, 0.15) is 89.0 Å². The summed E-state index contributed by atoms with van der Waals surface area (Å²) in [5.74, 6) is 0. The van der Waals surface area contributed by atoms with Crippen molar-refractivity contribution in [1.29, 1.82) is 0 Å². The maximum absolute atomic E-state index is 3.90. The first-order valence-corrected chi connectivity index (χ1v) is 42.2. The van der Waals surface area contributed by atoms with Crippen molar-refractivity contribution in [2.24, 2.45) is 0 Å².